The Morgan fingerprint density at radius 3 is 2.36 bits per heavy atom. The van der Waals surface area contributed by atoms with Crippen LogP contribution in [0.25, 0.3) is 0 Å². The van der Waals surface area contributed by atoms with Crippen molar-refractivity contribution in [2.24, 2.45) is 52.3 Å². The highest BCUT2D eigenvalue weighted by Crippen LogP contribution is 2.73. The largest absolute Gasteiger partial charge is 0.462 e. The number of hydrogen-bond donors (Lipinski definition) is 1. The van der Waals surface area contributed by atoms with E-state index < -0.39 is 11.2 Å². The third-order valence-electron chi connectivity index (χ3n) is 13.1. The molecule has 1 N–H and O–H groups in total. The van der Waals surface area contributed by atoms with Crippen LogP contribution in [0.15, 0.2) is 0 Å². The minimum atomic E-state index is -0.884. The Kier molecular flexibility index (Phi) is 6.93. The molecule has 0 aromatic rings. The van der Waals surface area contributed by atoms with Crippen molar-refractivity contribution in [2.75, 3.05) is 6.61 Å². The molecule has 206 valence electrons. The van der Waals surface area contributed by atoms with E-state index in [1.807, 2.05) is 0 Å². The van der Waals surface area contributed by atoms with Crippen molar-refractivity contribution in [3.8, 4) is 0 Å². The highest BCUT2D eigenvalue weighted by molar-refractivity contribution is 5.66. The summed E-state index contributed by atoms with van der Waals surface area (Å²) >= 11 is 0. The first-order valence-electron chi connectivity index (χ1n) is 15.4. The maximum Gasteiger partial charge on any atom is 0.302 e. The highest BCUT2D eigenvalue weighted by atomic mass is 16.6. The summed E-state index contributed by atoms with van der Waals surface area (Å²) in [7, 11) is 0. The summed E-state index contributed by atoms with van der Waals surface area (Å²) in [5, 5.41) is 12.4. The molecule has 0 bridgehead atoms. The molecule has 11 atom stereocenters. The van der Waals surface area contributed by atoms with Gasteiger partial charge in [-0.05, 0) is 98.2 Å². The van der Waals surface area contributed by atoms with Crippen LogP contribution in [-0.4, -0.2) is 35.0 Å². The lowest BCUT2D eigenvalue weighted by Crippen LogP contribution is -2.70. The van der Waals surface area contributed by atoms with Crippen LogP contribution in [0.1, 0.15) is 119 Å². The van der Waals surface area contributed by atoms with Crippen molar-refractivity contribution < 1.29 is 19.4 Å². The molecule has 1 unspecified atom stereocenters. The van der Waals surface area contributed by atoms with Gasteiger partial charge < -0.3 is 14.6 Å². The molecule has 0 radical (unpaired) electrons. The van der Waals surface area contributed by atoms with Gasteiger partial charge in [0.25, 0.3) is 0 Å². The predicted octanol–water partition coefficient (Wildman–Crippen LogP) is 7.17. The van der Waals surface area contributed by atoms with Crippen LogP contribution in [0.3, 0.4) is 0 Å². The van der Waals surface area contributed by atoms with Crippen LogP contribution < -0.4 is 0 Å². The second kappa shape index (κ2) is 9.25. The van der Waals surface area contributed by atoms with Gasteiger partial charge >= 0.3 is 5.97 Å². The molecule has 0 aromatic heterocycles. The topological polar surface area (TPSA) is 59.1 Å². The molecular weight excluding hydrogens is 448 g/mol. The third-order valence-corrected chi connectivity index (χ3v) is 13.1. The van der Waals surface area contributed by atoms with Crippen molar-refractivity contribution in [3.05, 3.63) is 0 Å². The fourth-order valence-electron chi connectivity index (χ4n) is 10.9. The number of ether oxygens (including phenoxy) is 2. The van der Waals surface area contributed by atoms with E-state index in [1.165, 1.54) is 51.9 Å². The molecule has 5 rings (SSSR count). The number of carbonyl (C=O) groups excluding carboxylic acids is 1. The van der Waals surface area contributed by atoms with Gasteiger partial charge in [0.2, 0.25) is 0 Å². The van der Waals surface area contributed by atoms with E-state index in [0.29, 0.717) is 30.3 Å². The van der Waals surface area contributed by atoms with Gasteiger partial charge in [-0.1, -0.05) is 54.4 Å². The monoisotopic (exact) mass is 502 g/mol. The summed E-state index contributed by atoms with van der Waals surface area (Å²) in [5.74, 6) is 5.00. The van der Waals surface area contributed by atoms with Crippen molar-refractivity contribution in [3.63, 3.8) is 0 Å². The Labute approximate surface area is 220 Å². The van der Waals surface area contributed by atoms with Crippen LogP contribution in [0.4, 0.5) is 0 Å². The van der Waals surface area contributed by atoms with Gasteiger partial charge in [0, 0.05) is 18.8 Å². The molecular formula is C32H54O4. The zero-order valence-corrected chi connectivity index (χ0v) is 24.3. The van der Waals surface area contributed by atoms with Crippen molar-refractivity contribution in [1.29, 1.82) is 0 Å². The molecule has 4 saturated carbocycles. The maximum atomic E-state index is 12.4. The molecule has 4 aliphatic carbocycles. The Morgan fingerprint density at radius 2 is 1.75 bits per heavy atom. The minimum Gasteiger partial charge on any atom is -0.462 e. The second-order valence-corrected chi connectivity index (χ2v) is 14.8. The molecule has 5 fully saturated rings. The average Bonchev–Trinajstić information content (AvgIpc) is 3.49. The van der Waals surface area contributed by atoms with Gasteiger partial charge in [-0.25, -0.2) is 0 Å². The van der Waals surface area contributed by atoms with Gasteiger partial charge in [-0.15, -0.1) is 0 Å². The lowest BCUT2D eigenvalue weighted by atomic mass is 9.40. The zero-order chi connectivity index (χ0) is 26.1. The van der Waals surface area contributed by atoms with Crippen molar-refractivity contribution in [2.45, 2.75) is 136 Å². The summed E-state index contributed by atoms with van der Waals surface area (Å²) in [6, 6.07) is 0. The van der Waals surface area contributed by atoms with E-state index in [2.05, 4.69) is 41.5 Å². The molecule has 4 nitrogen and oxygen atoms in total. The summed E-state index contributed by atoms with van der Waals surface area (Å²) in [4.78, 5) is 11.7. The maximum absolute atomic E-state index is 12.4. The van der Waals surface area contributed by atoms with Crippen LogP contribution in [0.5, 0.6) is 0 Å². The van der Waals surface area contributed by atoms with E-state index in [1.54, 1.807) is 0 Å². The smallest absolute Gasteiger partial charge is 0.302 e. The number of fused-ring (bicyclic) bond motifs is 6. The number of rotatable bonds is 7. The first-order chi connectivity index (χ1) is 16.9. The average molecular weight is 503 g/mol. The van der Waals surface area contributed by atoms with Crippen molar-refractivity contribution in [1.82, 2.24) is 0 Å². The van der Waals surface area contributed by atoms with Gasteiger partial charge in [0.15, 0.2) is 0 Å². The molecule has 0 amide bonds. The standard InChI is InChI=1S/C32H54O4/c1-8-23(20(2)3)10-9-21(4)26-11-12-27-25-18-31(19-35-31)32(34)17-24(36-22(5)33)13-16-30(32,7)28(25)14-15-29(26,27)6/h20-21,23-28,34H,8-19H2,1-7H3/t21-,23-,24+,25+,26-,27+,28+,29-,30-,31?,32+/m1/s1. The molecule has 1 aliphatic heterocycles. The molecule has 1 spiro atoms. The molecule has 1 saturated heterocycles. The van der Waals surface area contributed by atoms with Gasteiger partial charge in [-0.3, -0.25) is 4.79 Å². The summed E-state index contributed by atoms with van der Waals surface area (Å²) in [6.07, 6.45) is 12.5. The second-order valence-electron chi connectivity index (χ2n) is 14.8. The number of carbonyl (C=O) groups is 1. The van der Waals surface area contributed by atoms with Crippen LogP contribution >= 0.6 is 0 Å². The summed E-state index contributed by atoms with van der Waals surface area (Å²) in [5.41, 5.74) is -1.03. The van der Waals surface area contributed by atoms with E-state index in [0.717, 1.165) is 48.9 Å². The molecule has 4 heteroatoms. The quantitative estimate of drug-likeness (QED) is 0.296. The Hall–Kier alpha value is -0.610. The zero-order valence-electron chi connectivity index (χ0n) is 24.3. The normalized spacial score (nSPS) is 49.2. The van der Waals surface area contributed by atoms with Crippen molar-refractivity contribution >= 4 is 5.97 Å². The van der Waals surface area contributed by atoms with E-state index >= 15 is 0 Å². The molecule has 5 aliphatic rings. The Morgan fingerprint density at radius 1 is 1.03 bits per heavy atom. The van der Waals surface area contributed by atoms with Crippen LogP contribution in [0.2, 0.25) is 0 Å². The first kappa shape index (κ1) is 27.0. The molecule has 36 heavy (non-hydrogen) atoms. The summed E-state index contributed by atoms with van der Waals surface area (Å²) < 4.78 is 11.9. The van der Waals surface area contributed by atoms with Gasteiger partial charge in [0.05, 0.1) is 6.61 Å². The number of hydrogen-bond acceptors (Lipinski definition) is 4. The van der Waals surface area contributed by atoms with E-state index in [-0.39, 0.29) is 17.5 Å². The molecule has 1 heterocycles. The van der Waals surface area contributed by atoms with E-state index in [9.17, 15) is 9.90 Å². The highest BCUT2D eigenvalue weighted by Gasteiger charge is 2.77. The Bertz CT molecular complexity index is 834. The lowest BCUT2D eigenvalue weighted by Gasteiger charge is -2.66. The first-order valence-corrected chi connectivity index (χ1v) is 15.4. The lowest BCUT2D eigenvalue weighted by molar-refractivity contribution is -0.255. The minimum absolute atomic E-state index is 0.153. The van der Waals surface area contributed by atoms with Gasteiger partial charge in [-0.2, -0.15) is 0 Å². The number of esters is 1. The van der Waals surface area contributed by atoms with Crippen LogP contribution in [-0.2, 0) is 14.3 Å². The Balaban J connectivity index is 1.35. The van der Waals surface area contributed by atoms with E-state index in [4.69, 9.17) is 9.47 Å². The predicted molar refractivity (Wildman–Crippen MR) is 143 cm³/mol. The third kappa shape index (κ3) is 3.93. The number of aliphatic hydroxyl groups is 1. The molecule has 0 aromatic carbocycles. The summed E-state index contributed by atoms with van der Waals surface area (Å²) in [6.45, 7) is 16.9. The fraction of sp³-hybridized carbons (Fsp3) is 0.969. The van der Waals surface area contributed by atoms with Crippen LogP contribution in [0, 0.1) is 52.3 Å². The SMILES string of the molecule is CC[C@H](CC[C@@H](C)[C@H]1CC[C@H]2[C@@H]3CC4(CO4)[C@]4(O)C[C@@H](OC(C)=O)CC[C@]4(C)[C@H]3CC[C@]12C)C(C)C. The fourth-order valence-corrected chi connectivity index (χ4v) is 10.9. The number of epoxide rings is 1. The van der Waals surface area contributed by atoms with Gasteiger partial charge in [0.1, 0.15) is 17.3 Å².